The van der Waals surface area contributed by atoms with Crippen LogP contribution in [0.1, 0.15) is 17.0 Å². The van der Waals surface area contributed by atoms with Crippen LogP contribution in [0, 0.1) is 0 Å². The highest BCUT2D eigenvalue weighted by Crippen LogP contribution is 2.53. The van der Waals surface area contributed by atoms with E-state index in [1.807, 2.05) is 6.07 Å². The highest BCUT2D eigenvalue weighted by Gasteiger charge is 2.39. The zero-order chi connectivity index (χ0) is 34.2. The van der Waals surface area contributed by atoms with Gasteiger partial charge in [0.05, 0.1) is 12.2 Å². The Labute approximate surface area is 301 Å². The quantitative estimate of drug-likeness (QED) is 0.175. The molecule has 52 heavy (non-hydrogen) atoms. The highest BCUT2D eigenvalue weighted by molar-refractivity contribution is 6.22. The first-order valence-corrected chi connectivity index (χ1v) is 18.0. The van der Waals surface area contributed by atoms with E-state index >= 15 is 0 Å². The van der Waals surface area contributed by atoms with Crippen molar-refractivity contribution in [3.05, 3.63) is 193 Å². The largest absolute Gasteiger partial charge is 0.485 e. The molecule has 1 aliphatic carbocycles. The molecule has 0 saturated heterocycles. The van der Waals surface area contributed by atoms with Gasteiger partial charge in [-0.2, -0.15) is 0 Å². The van der Waals surface area contributed by atoms with E-state index in [1.54, 1.807) is 6.26 Å². The summed E-state index contributed by atoms with van der Waals surface area (Å²) in [6.45, 7) is 0. The summed E-state index contributed by atoms with van der Waals surface area (Å²) in [4.78, 5) is 0. The lowest BCUT2D eigenvalue weighted by Crippen LogP contribution is -2.19. The van der Waals surface area contributed by atoms with Crippen LogP contribution >= 0.6 is 0 Å². The second-order valence-corrected chi connectivity index (χ2v) is 13.8. The third-order valence-corrected chi connectivity index (χ3v) is 11.1. The number of rotatable bonds is 4. The van der Waals surface area contributed by atoms with Gasteiger partial charge < -0.3 is 9.15 Å². The molecule has 2 nitrogen and oxygen atoms in total. The van der Waals surface area contributed by atoms with Crippen molar-refractivity contribution in [2.24, 2.45) is 0 Å². The van der Waals surface area contributed by atoms with Gasteiger partial charge >= 0.3 is 0 Å². The van der Waals surface area contributed by atoms with Gasteiger partial charge in [0.1, 0.15) is 17.6 Å². The van der Waals surface area contributed by atoms with Crippen molar-refractivity contribution in [1.29, 1.82) is 0 Å². The molecule has 2 unspecified atom stereocenters. The van der Waals surface area contributed by atoms with E-state index in [0.29, 0.717) is 0 Å². The van der Waals surface area contributed by atoms with E-state index in [-0.39, 0.29) is 12.0 Å². The van der Waals surface area contributed by atoms with E-state index in [1.165, 1.54) is 76.5 Å². The number of allylic oxidation sites excluding steroid dienone is 2. The average Bonchev–Trinajstić information content (AvgIpc) is 3.87. The Kier molecular flexibility index (Phi) is 6.41. The molecule has 0 fully saturated rings. The maximum atomic E-state index is 6.91. The zero-order valence-corrected chi connectivity index (χ0v) is 28.3. The summed E-state index contributed by atoms with van der Waals surface area (Å²) in [6, 6.07) is 56.9. The third kappa shape index (κ3) is 4.25. The number of hydrogen-bond acceptors (Lipinski definition) is 2. The topological polar surface area (TPSA) is 22.4 Å². The van der Waals surface area contributed by atoms with Crippen molar-refractivity contribution in [3.8, 4) is 39.3 Å². The van der Waals surface area contributed by atoms with Gasteiger partial charge in [-0.05, 0) is 101 Å². The minimum absolute atomic E-state index is 0.0595. The van der Waals surface area contributed by atoms with E-state index < -0.39 is 0 Å². The van der Waals surface area contributed by atoms with Gasteiger partial charge in [-0.1, -0.05) is 152 Å². The van der Waals surface area contributed by atoms with E-state index in [2.05, 4.69) is 170 Å². The first kappa shape index (κ1) is 29.1. The molecule has 1 aliphatic heterocycles. The summed E-state index contributed by atoms with van der Waals surface area (Å²) in [5.41, 5.74) is 9.80. The van der Waals surface area contributed by atoms with Crippen LogP contribution in [0.4, 0.5) is 0 Å². The van der Waals surface area contributed by atoms with Crippen LogP contribution in [0.25, 0.3) is 82.2 Å². The molecule has 0 spiro atoms. The Morgan fingerprint density at radius 1 is 0.423 bits per heavy atom. The molecule has 2 heteroatoms. The first-order valence-electron chi connectivity index (χ1n) is 18.0. The normalized spacial score (nSPS) is 16.3. The van der Waals surface area contributed by atoms with E-state index in [4.69, 9.17) is 9.15 Å². The molecule has 1 aromatic heterocycles. The molecule has 0 saturated carbocycles. The van der Waals surface area contributed by atoms with Crippen molar-refractivity contribution < 1.29 is 9.15 Å². The monoisotopic (exact) mass is 664 g/mol. The van der Waals surface area contributed by atoms with Crippen LogP contribution in [0.3, 0.4) is 0 Å². The van der Waals surface area contributed by atoms with E-state index in [0.717, 1.165) is 22.6 Å². The summed E-state index contributed by atoms with van der Waals surface area (Å²) in [5.74, 6) is 1.89. The Morgan fingerprint density at radius 3 is 1.50 bits per heavy atom. The number of furan rings is 1. The summed E-state index contributed by atoms with van der Waals surface area (Å²) in [5, 5.41) is 9.79. The van der Waals surface area contributed by atoms with Crippen LogP contribution in [0.5, 0.6) is 5.75 Å². The van der Waals surface area contributed by atoms with Crippen molar-refractivity contribution in [2.75, 3.05) is 0 Å². The Hall–Kier alpha value is -6.64. The van der Waals surface area contributed by atoms with Crippen LogP contribution in [-0.2, 0) is 0 Å². The van der Waals surface area contributed by atoms with Gasteiger partial charge in [-0.3, -0.25) is 0 Å². The van der Waals surface area contributed by atoms with Crippen molar-refractivity contribution >= 4 is 48.7 Å². The van der Waals surface area contributed by atoms with E-state index in [9.17, 15) is 0 Å². The standard InChI is InChI=1S/C50H32O2/c1-2-14-31(15-3-1)46-33-16-4-6-18-35(33)47(36-19-7-5-17-34(36)46)32-27-28-41-45(30-32)52-44-25-12-24-42(50(41)44)48-37-20-8-10-22-39(37)49(43-26-13-29-51-43)40-23-11-9-21-38(40)48/h1-30,44,50H. The van der Waals surface area contributed by atoms with Gasteiger partial charge in [-0.25, -0.2) is 0 Å². The molecular weight excluding hydrogens is 633 g/mol. The summed E-state index contributed by atoms with van der Waals surface area (Å²) in [7, 11) is 0. The minimum atomic E-state index is -0.0959. The molecule has 11 rings (SSSR count). The fraction of sp³-hybridized carbons (Fsp3) is 0.0400. The number of benzene rings is 8. The maximum absolute atomic E-state index is 6.91. The molecule has 8 aromatic carbocycles. The van der Waals surface area contributed by atoms with Gasteiger partial charge in [0.15, 0.2) is 0 Å². The SMILES string of the molecule is C1=CC2Oc3cc(-c4c5ccccc5c(-c5ccccc5)c5ccccc45)ccc3C2C(c2c3ccccc3c(-c3ccco3)c3ccccc23)=C1. The first-order chi connectivity index (χ1) is 25.8. The predicted molar refractivity (Wildman–Crippen MR) is 216 cm³/mol. The van der Waals surface area contributed by atoms with Crippen molar-refractivity contribution in [3.63, 3.8) is 0 Å². The number of hydrogen-bond donors (Lipinski definition) is 0. The molecule has 0 bridgehead atoms. The minimum Gasteiger partial charge on any atom is -0.485 e. The van der Waals surface area contributed by atoms with Crippen LogP contribution in [-0.4, -0.2) is 6.10 Å². The molecule has 2 aliphatic rings. The third-order valence-electron chi connectivity index (χ3n) is 11.1. The lowest BCUT2D eigenvalue weighted by atomic mass is 9.77. The van der Waals surface area contributed by atoms with Crippen LogP contribution in [0.15, 0.2) is 187 Å². The van der Waals surface area contributed by atoms with Crippen LogP contribution < -0.4 is 4.74 Å². The molecule has 9 aromatic rings. The fourth-order valence-corrected chi connectivity index (χ4v) is 9.03. The smallest absolute Gasteiger partial charge is 0.135 e. The summed E-state index contributed by atoms with van der Waals surface area (Å²) >= 11 is 0. The number of ether oxygens (including phenoxy) is 1. The predicted octanol–water partition coefficient (Wildman–Crippen LogP) is 13.4. The summed E-state index contributed by atoms with van der Waals surface area (Å²) < 4.78 is 12.9. The zero-order valence-electron chi connectivity index (χ0n) is 28.3. The van der Waals surface area contributed by atoms with Gasteiger partial charge in [0, 0.05) is 11.1 Å². The lowest BCUT2D eigenvalue weighted by molar-refractivity contribution is 0.272. The summed E-state index contributed by atoms with van der Waals surface area (Å²) in [6.07, 6.45) is 8.36. The average molecular weight is 665 g/mol. The Balaban J connectivity index is 1.11. The van der Waals surface area contributed by atoms with Crippen molar-refractivity contribution in [1.82, 2.24) is 0 Å². The Bertz CT molecular complexity index is 2820. The molecular formula is C50H32O2. The van der Waals surface area contributed by atoms with Gasteiger partial charge in [0.2, 0.25) is 0 Å². The molecule has 0 radical (unpaired) electrons. The molecule has 0 N–H and O–H groups in total. The lowest BCUT2D eigenvalue weighted by Gasteiger charge is -2.26. The van der Waals surface area contributed by atoms with Gasteiger partial charge in [0.25, 0.3) is 0 Å². The Morgan fingerprint density at radius 2 is 0.942 bits per heavy atom. The fourth-order valence-electron chi connectivity index (χ4n) is 9.03. The molecule has 0 amide bonds. The maximum Gasteiger partial charge on any atom is 0.135 e. The number of fused-ring (bicyclic) bond motifs is 7. The molecule has 244 valence electrons. The highest BCUT2D eigenvalue weighted by atomic mass is 16.5. The second kappa shape index (κ2) is 11.4. The molecule has 2 heterocycles. The second-order valence-electron chi connectivity index (χ2n) is 13.8. The van der Waals surface area contributed by atoms with Gasteiger partial charge in [-0.15, -0.1) is 0 Å². The van der Waals surface area contributed by atoms with Crippen LogP contribution in [0.2, 0.25) is 0 Å². The van der Waals surface area contributed by atoms with Crippen molar-refractivity contribution in [2.45, 2.75) is 12.0 Å². The molecule has 2 atom stereocenters.